The van der Waals surface area contributed by atoms with Crippen molar-refractivity contribution in [3.8, 4) is 5.75 Å². The van der Waals surface area contributed by atoms with Crippen LogP contribution in [0.15, 0.2) is 65.8 Å². The van der Waals surface area contributed by atoms with Gasteiger partial charge in [0.05, 0.1) is 13.3 Å². The van der Waals surface area contributed by atoms with Gasteiger partial charge in [0.25, 0.3) is 5.91 Å². The molecule has 0 atom stereocenters. The number of ether oxygens (including phenoxy) is 1. The van der Waals surface area contributed by atoms with Crippen LogP contribution < -0.4 is 10.2 Å². The third-order valence-electron chi connectivity index (χ3n) is 3.59. The minimum atomic E-state index is -0.313. The van der Waals surface area contributed by atoms with Gasteiger partial charge in [-0.25, -0.2) is 5.43 Å². The van der Waals surface area contributed by atoms with Gasteiger partial charge < -0.3 is 4.74 Å². The summed E-state index contributed by atoms with van der Waals surface area (Å²) in [5.41, 5.74) is 3.85. The van der Waals surface area contributed by atoms with Crippen molar-refractivity contribution in [1.82, 2.24) is 5.43 Å². The third kappa shape index (κ3) is 3.39. The first-order valence-electron chi connectivity index (χ1n) is 7.34. The average Bonchev–Trinajstić information content (AvgIpc) is 2.61. The van der Waals surface area contributed by atoms with E-state index in [0.29, 0.717) is 10.6 Å². The zero-order valence-corrected chi connectivity index (χ0v) is 13.7. The summed E-state index contributed by atoms with van der Waals surface area (Å²) in [5.74, 6) is 0.484. The van der Waals surface area contributed by atoms with Crippen LogP contribution in [0.2, 0.25) is 5.02 Å². The first-order valence-corrected chi connectivity index (χ1v) is 7.71. The van der Waals surface area contributed by atoms with Crippen LogP contribution in [0.1, 0.15) is 15.9 Å². The smallest absolute Gasteiger partial charge is 0.271 e. The zero-order valence-electron chi connectivity index (χ0n) is 13.0. The van der Waals surface area contributed by atoms with Crippen molar-refractivity contribution in [1.29, 1.82) is 0 Å². The van der Waals surface area contributed by atoms with E-state index in [0.717, 1.165) is 22.1 Å². The number of nitrogens with zero attached hydrogens (tertiary/aromatic N) is 1. The second kappa shape index (κ2) is 7.15. The molecule has 0 aromatic heterocycles. The Kier molecular flexibility index (Phi) is 4.77. The van der Waals surface area contributed by atoms with Crippen LogP contribution in [-0.2, 0) is 0 Å². The molecule has 120 valence electrons. The molecule has 3 rings (SSSR count). The average molecular weight is 339 g/mol. The summed E-state index contributed by atoms with van der Waals surface area (Å²) in [6.45, 7) is 0. The van der Waals surface area contributed by atoms with Crippen molar-refractivity contribution in [3.63, 3.8) is 0 Å². The number of carbonyl (C=O) groups is 1. The molecule has 1 amide bonds. The van der Waals surface area contributed by atoms with Crippen molar-refractivity contribution >= 4 is 34.5 Å². The number of hydrazone groups is 1. The molecule has 0 spiro atoms. The van der Waals surface area contributed by atoms with Gasteiger partial charge in [-0.1, -0.05) is 41.9 Å². The molecule has 0 radical (unpaired) electrons. The number of carbonyl (C=O) groups excluding carboxylic acids is 1. The molecular weight excluding hydrogens is 324 g/mol. The molecule has 0 aliphatic rings. The van der Waals surface area contributed by atoms with Gasteiger partial charge in [0.15, 0.2) is 0 Å². The van der Waals surface area contributed by atoms with E-state index < -0.39 is 0 Å². The van der Waals surface area contributed by atoms with E-state index in [4.69, 9.17) is 16.3 Å². The molecule has 4 nitrogen and oxygen atoms in total. The predicted octanol–water partition coefficient (Wildman–Crippen LogP) is 4.27. The van der Waals surface area contributed by atoms with Gasteiger partial charge in [-0.3, -0.25) is 4.79 Å². The first-order chi connectivity index (χ1) is 11.7. The fraction of sp³-hybridized carbons (Fsp3) is 0.0526. The van der Waals surface area contributed by atoms with Crippen LogP contribution >= 0.6 is 11.6 Å². The maximum absolute atomic E-state index is 12.0. The lowest BCUT2D eigenvalue weighted by Gasteiger charge is -2.07. The second-order valence-corrected chi connectivity index (χ2v) is 5.55. The molecule has 3 aromatic rings. The van der Waals surface area contributed by atoms with E-state index >= 15 is 0 Å². The molecule has 0 bridgehead atoms. The number of hydrogen-bond donors (Lipinski definition) is 1. The third-order valence-corrected chi connectivity index (χ3v) is 3.83. The maximum Gasteiger partial charge on any atom is 0.271 e. The van der Waals surface area contributed by atoms with Crippen molar-refractivity contribution in [2.75, 3.05) is 7.11 Å². The highest BCUT2D eigenvalue weighted by atomic mass is 35.5. The predicted molar refractivity (Wildman–Crippen MR) is 97.0 cm³/mol. The number of halogens is 1. The summed E-state index contributed by atoms with van der Waals surface area (Å²) in [6.07, 6.45) is 1.62. The molecule has 0 fully saturated rings. The monoisotopic (exact) mass is 338 g/mol. The lowest BCUT2D eigenvalue weighted by Crippen LogP contribution is -2.17. The summed E-state index contributed by atoms with van der Waals surface area (Å²) in [6, 6.07) is 18.3. The Bertz CT molecular complexity index is 922. The molecule has 3 aromatic carbocycles. The van der Waals surface area contributed by atoms with Gasteiger partial charge in [0.2, 0.25) is 0 Å². The van der Waals surface area contributed by atoms with Gasteiger partial charge >= 0.3 is 0 Å². The highest BCUT2D eigenvalue weighted by Gasteiger charge is 2.06. The van der Waals surface area contributed by atoms with Crippen LogP contribution in [-0.4, -0.2) is 19.2 Å². The van der Waals surface area contributed by atoms with Gasteiger partial charge in [0, 0.05) is 21.5 Å². The van der Waals surface area contributed by atoms with E-state index in [1.807, 2.05) is 36.4 Å². The van der Waals surface area contributed by atoms with Crippen molar-refractivity contribution in [3.05, 3.63) is 76.8 Å². The van der Waals surface area contributed by atoms with Gasteiger partial charge in [-0.05, 0) is 35.7 Å². The fourth-order valence-corrected chi connectivity index (χ4v) is 2.63. The Balaban J connectivity index is 1.82. The molecule has 0 heterocycles. The first kappa shape index (κ1) is 16.0. The van der Waals surface area contributed by atoms with E-state index in [1.54, 1.807) is 37.6 Å². The molecule has 0 aliphatic heterocycles. The molecule has 0 unspecified atom stereocenters. The number of amides is 1. The van der Waals surface area contributed by atoms with Crippen molar-refractivity contribution in [2.24, 2.45) is 5.10 Å². The standard InChI is InChI=1S/C19H15ClN2O2/c1-24-18-10-9-14(16-7-2-3-8-17(16)18)12-21-22-19(23)13-5-4-6-15(20)11-13/h2-12H,1H3,(H,22,23)/b21-12-. The van der Waals surface area contributed by atoms with Gasteiger partial charge in [-0.15, -0.1) is 0 Å². The SMILES string of the molecule is COc1ccc(/C=N\NC(=O)c2cccc(Cl)c2)c2ccccc12. The summed E-state index contributed by atoms with van der Waals surface area (Å²) in [5, 5.41) is 6.54. The molecule has 0 aliphatic carbocycles. The number of hydrogen-bond acceptors (Lipinski definition) is 3. The van der Waals surface area contributed by atoms with E-state index in [9.17, 15) is 4.79 Å². The van der Waals surface area contributed by atoms with E-state index in [-0.39, 0.29) is 5.91 Å². The van der Waals surface area contributed by atoms with Gasteiger partial charge in [-0.2, -0.15) is 5.10 Å². The largest absolute Gasteiger partial charge is 0.496 e. The van der Waals surface area contributed by atoms with E-state index in [1.165, 1.54) is 0 Å². The number of nitrogens with one attached hydrogen (secondary N) is 1. The Morgan fingerprint density at radius 1 is 1.08 bits per heavy atom. The van der Waals surface area contributed by atoms with Gasteiger partial charge in [0.1, 0.15) is 5.75 Å². The van der Waals surface area contributed by atoms with E-state index in [2.05, 4.69) is 10.5 Å². The second-order valence-electron chi connectivity index (χ2n) is 5.11. The number of benzene rings is 3. The normalized spacial score (nSPS) is 10.9. The van der Waals surface area contributed by atoms with Crippen LogP contribution in [0.3, 0.4) is 0 Å². The Labute approximate surface area is 144 Å². The minimum Gasteiger partial charge on any atom is -0.496 e. The molecule has 5 heteroatoms. The topological polar surface area (TPSA) is 50.7 Å². The minimum absolute atomic E-state index is 0.313. The van der Waals surface area contributed by atoms with Crippen LogP contribution in [0.4, 0.5) is 0 Å². The Morgan fingerprint density at radius 2 is 1.88 bits per heavy atom. The number of fused-ring (bicyclic) bond motifs is 1. The van der Waals surface area contributed by atoms with Crippen LogP contribution in [0, 0.1) is 0 Å². The van der Waals surface area contributed by atoms with Crippen LogP contribution in [0.25, 0.3) is 10.8 Å². The highest BCUT2D eigenvalue weighted by molar-refractivity contribution is 6.30. The molecule has 0 saturated carbocycles. The zero-order chi connectivity index (χ0) is 16.9. The quantitative estimate of drug-likeness (QED) is 0.570. The molecule has 24 heavy (non-hydrogen) atoms. The van der Waals surface area contributed by atoms with Crippen LogP contribution in [0.5, 0.6) is 5.75 Å². The lowest BCUT2D eigenvalue weighted by molar-refractivity contribution is 0.0955. The highest BCUT2D eigenvalue weighted by Crippen LogP contribution is 2.27. The lowest BCUT2D eigenvalue weighted by atomic mass is 10.0. The maximum atomic E-state index is 12.0. The van der Waals surface area contributed by atoms with Crippen molar-refractivity contribution < 1.29 is 9.53 Å². The molecule has 1 N–H and O–H groups in total. The number of rotatable bonds is 4. The molecular formula is C19H15ClN2O2. The Morgan fingerprint density at radius 3 is 2.62 bits per heavy atom. The fourth-order valence-electron chi connectivity index (χ4n) is 2.44. The summed E-state index contributed by atoms with van der Waals surface area (Å²) >= 11 is 5.88. The summed E-state index contributed by atoms with van der Waals surface area (Å²) in [4.78, 5) is 12.0. The summed E-state index contributed by atoms with van der Waals surface area (Å²) in [7, 11) is 1.64. The van der Waals surface area contributed by atoms with Crippen molar-refractivity contribution in [2.45, 2.75) is 0 Å². The Hall–Kier alpha value is -2.85. The summed E-state index contributed by atoms with van der Waals surface area (Å²) < 4.78 is 5.37. The number of methoxy groups -OCH3 is 1. The molecule has 0 saturated heterocycles.